The van der Waals surface area contributed by atoms with Crippen LogP contribution in [0.4, 0.5) is 0 Å². The average Bonchev–Trinajstić information content (AvgIpc) is 2.94. The van der Waals surface area contributed by atoms with Gasteiger partial charge in [-0.1, -0.05) is 23.3 Å². The average molecular weight is 345 g/mol. The normalized spacial score (nSPS) is 12.4. The number of nitrogens with one attached hydrogen (secondary N) is 1. The van der Waals surface area contributed by atoms with Gasteiger partial charge < -0.3 is 4.42 Å². The molecule has 0 aliphatic carbocycles. The number of rotatable bonds is 7. The van der Waals surface area contributed by atoms with E-state index in [1.807, 2.05) is 0 Å². The van der Waals surface area contributed by atoms with Crippen LogP contribution in [0.1, 0.15) is 12.3 Å². The Bertz CT molecular complexity index is 829. The number of hydrogen-bond donors (Lipinski definition) is 1. The van der Waals surface area contributed by atoms with Gasteiger partial charge in [0.15, 0.2) is 0 Å². The van der Waals surface area contributed by atoms with E-state index in [0.717, 1.165) is 6.26 Å². The van der Waals surface area contributed by atoms with E-state index < -0.39 is 25.1 Å². The Balaban J connectivity index is 1.86. The van der Waals surface area contributed by atoms with Gasteiger partial charge in [0.2, 0.25) is 25.8 Å². The molecule has 10 heteroatoms. The molecule has 0 atom stereocenters. The largest absolute Gasteiger partial charge is 0.413 e. The molecule has 1 aromatic carbocycles. The summed E-state index contributed by atoms with van der Waals surface area (Å²) in [5.74, 6) is 0.152. The third-order valence-corrected chi connectivity index (χ3v) is 4.95. The summed E-state index contributed by atoms with van der Waals surface area (Å²) >= 11 is 0. The number of sulfone groups is 1. The van der Waals surface area contributed by atoms with Gasteiger partial charge in [0.25, 0.3) is 0 Å². The molecule has 0 radical (unpaired) electrons. The summed E-state index contributed by atoms with van der Waals surface area (Å²) in [6.07, 6.45) is 1.65. The Hall–Kier alpha value is -1.78. The summed E-state index contributed by atoms with van der Waals surface area (Å²) in [5, 5.41) is 6.58. The molecule has 1 heterocycles. The van der Waals surface area contributed by atoms with Gasteiger partial charge in [0, 0.05) is 19.2 Å². The van der Waals surface area contributed by atoms with Crippen molar-refractivity contribution in [2.45, 2.75) is 23.0 Å². The Morgan fingerprint density at radius 2 is 1.77 bits per heavy atom. The predicted octanol–water partition coefficient (Wildman–Crippen LogP) is 0.384. The number of hydrogen-bond acceptors (Lipinski definition) is 7. The van der Waals surface area contributed by atoms with E-state index in [4.69, 9.17) is 4.42 Å². The van der Waals surface area contributed by atoms with Crippen molar-refractivity contribution in [2.75, 3.05) is 12.8 Å². The number of aromatic nitrogens is 2. The van der Waals surface area contributed by atoms with Crippen LogP contribution in [0.2, 0.25) is 0 Å². The molecule has 22 heavy (non-hydrogen) atoms. The lowest BCUT2D eigenvalue weighted by Gasteiger charge is -2.05. The van der Waals surface area contributed by atoms with Crippen LogP contribution in [-0.4, -0.2) is 39.8 Å². The number of sulfonamides is 1. The van der Waals surface area contributed by atoms with Crippen LogP contribution in [0.15, 0.2) is 44.9 Å². The van der Waals surface area contributed by atoms with Gasteiger partial charge in [-0.3, -0.25) is 0 Å². The SMILES string of the molecule is CS(=O)(=O)c1nnc(CCCNS(=O)(=O)c2ccccc2)o1. The molecule has 0 bridgehead atoms. The molecule has 8 nitrogen and oxygen atoms in total. The second-order valence-electron chi connectivity index (χ2n) is 4.55. The van der Waals surface area contributed by atoms with Gasteiger partial charge in [0.05, 0.1) is 4.90 Å². The Morgan fingerprint density at radius 3 is 2.36 bits per heavy atom. The predicted molar refractivity (Wildman–Crippen MR) is 77.4 cm³/mol. The molecule has 0 saturated heterocycles. The van der Waals surface area contributed by atoms with Crippen molar-refractivity contribution in [1.82, 2.24) is 14.9 Å². The minimum absolute atomic E-state index is 0.152. The fourth-order valence-electron chi connectivity index (χ4n) is 1.62. The molecule has 0 aliphatic heterocycles. The van der Waals surface area contributed by atoms with Crippen molar-refractivity contribution in [3.63, 3.8) is 0 Å². The summed E-state index contributed by atoms with van der Waals surface area (Å²) < 4.78 is 53.7. The highest BCUT2D eigenvalue weighted by Crippen LogP contribution is 2.09. The topological polar surface area (TPSA) is 119 Å². The maximum atomic E-state index is 11.9. The molecule has 120 valence electrons. The first-order valence-electron chi connectivity index (χ1n) is 6.36. The smallest absolute Gasteiger partial charge is 0.335 e. The van der Waals surface area contributed by atoms with E-state index in [1.54, 1.807) is 18.2 Å². The zero-order valence-corrected chi connectivity index (χ0v) is 13.4. The molecule has 2 rings (SSSR count). The van der Waals surface area contributed by atoms with Gasteiger partial charge >= 0.3 is 5.22 Å². The zero-order chi connectivity index (χ0) is 16.2. The minimum Gasteiger partial charge on any atom is -0.413 e. The van der Waals surface area contributed by atoms with Crippen molar-refractivity contribution in [3.8, 4) is 0 Å². The zero-order valence-electron chi connectivity index (χ0n) is 11.8. The van der Waals surface area contributed by atoms with E-state index in [2.05, 4.69) is 14.9 Å². The summed E-state index contributed by atoms with van der Waals surface area (Å²) in [6, 6.07) is 8.00. The van der Waals surface area contributed by atoms with Crippen LogP contribution in [0.5, 0.6) is 0 Å². The lowest BCUT2D eigenvalue weighted by Crippen LogP contribution is -2.25. The molecule has 1 N–H and O–H groups in total. The lowest BCUT2D eigenvalue weighted by molar-refractivity contribution is 0.394. The Kier molecular flexibility index (Phi) is 4.94. The van der Waals surface area contributed by atoms with Crippen LogP contribution in [-0.2, 0) is 26.3 Å². The summed E-state index contributed by atoms with van der Waals surface area (Å²) in [5.41, 5.74) is 0. The second kappa shape index (κ2) is 6.55. The quantitative estimate of drug-likeness (QED) is 0.721. The monoisotopic (exact) mass is 345 g/mol. The molecule has 0 spiro atoms. The number of aryl methyl sites for hydroxylation is 1. The molecule has 0 aliphatic rings. The minimum atomic E-state index is -3.55. The molecule has 0 unspecified atom stereocenters. The highest BCUT2D eigenvalue weighted by Gasteiger charge is 2.16. The Morgan fingerprint density at radius 1 is 1.09 bits per heavy atom. The first kappa shape index (κ1) is 16.6. The van der Waals surface area contributed by atoms with Gasteiger partial charge in [-0.2, -0.15) is 0 Å². The standard InChI is InChI=1S/C12H15N3O5S2/c1-21(16,17)12-15-14-11(20-12)8-5-9-13-22(18,19)10-6-3-2-4-7-10/h2-4,6-7,13H,5,8-9H2,1H3. The van der Waals surface area contributed by atoms with Crippen LogP contribution in [0, 0.1) is 0 Å². The molecular weight excluding hydrogens is 330 g/mol. The third kappa shape index (κ3) is 4.36. The van der Waals surface area contributed by atoms with Crippen LogP contribution in [0.25, 0.3) is 0 Å². The van der Waals surface area contributed by atoms with E-state index in [1.165, 1.54) is 12.1 Å². The van der Waals surface area contributed by atoms with Crippen molar-refractivity contribution < 1.29 is 21.3 Å². The lowest BCUT2D eigenvalue weighted by atomic mass is 10.3. The van der Waals surface area contributed by atoms with Gasteiger partial charge in [0.1, 0.15) is 0 Å². The van der Waals surface area contributed by atoms with Crippen molar-refractivity contribution in [3.05, 3.63) is 36.2 Å². The fourth-order valence-corrected chi connectivity index (χ4v) is 3.15. The van der Waals surface area contributed by atoms with Crippen molar-refractivity contribution in [1.29, 1.82) is 0 Å². The maximum Gasteiger partial charge on any atom is 0.335 e. The van der Waals surface area contributed by atoms with Crippen molar-refractivity contribution in [2.24, 2.45) is 0 Å². The van der Waals surface area contributed by atoms with E-state index in [0.29, 0.717) is 6.42 Å². The first-order valence-corrected chi connectivity index (χ1v) is 9.74. The van der Waals surface area contributed by atoms with Crippen LogP contribution in [0.3, 0.4) is 0 Å². The number of benzene rings is 1. The highest BCUT2D eigenvalue weighted by atomic mass is 32.2. The third-order valence-electron chi connectivity index (χ3n) is 2.68. The highest BCUT2D eigenvalue weighted by molar-refractivity contribution is 7.90. The summed E-state index contributed by atoms with van der Waals surface area (Å²) in [7, 11) is -7.07. The van der Waals surface area contributed by atoms with E-state index in [-0.39, 0.29) is 23.8 Å². The second-order valence-corrected chi connectivity index (χ2v) is 8.21. The summed E-state index contributed by atoms with van der Waals surface area (Å²) in [4.78, 5) is 0.187. The van der Waals surface area contributed by atoms with Gasteiger partial charge in [-0.25, -0.2) is 21.6 Å². The molecule has 2 aromatic rings. The van der Waals surface area contributed by atoms with Crippen LogP contribution >= 0.6 is 0 Å². The molecule has 0 amide bonds. The van der Waals surface area contributed by atoms with Gasteiger partial charge in [-0.05, 0) is 18.6 Å². The molecule has 0 fully saturated rings. The van der Waals surface area contributed by atoms with Crippen molar-refractivity contribution >= 4 is 19.9 Å². The number of nitrogens with zero attached hydrogens (tertiary/aromatic N) is 2. The van der Waals surface area contributed by atoms with E-state index >= 15 is 0 Å². The molecule has 0 saturated carbocycles. The van der Waals surface area contributed by atoms with Gasteiger partial charge in [-0.15, -0.1) is 5.10 Å². The fraction of sp³-hybridized carbons (Fsp3) is 0.333. The maximum absolute atomic E-state index is 11.9. The van der Waals surface area contributed by atoms with Crippen LogP contribution < -0.4 is 4.72 Å². The Labute approximate surface area is 128 Å². The summed E-state index contributed by atoms with van der Waals surface area (Å²) in [6.45, 7) is 0.174. The van der Waals surface area contributed by atoms with E-state index in [9.17, 15) is 16.8 Å². The molecule has 1 aromatic heterocycles. The molecular formula is C12H15N3O5S2. The first-order chi connectivity index (χ1) is 10.3.